The molecule has 1 heterocycles. The number of halogens is 3. The normalized spacial score (nSPS) is 32.1. The summed E-state index contributed by atoms with van der Waals surface area (Å²) in [4.78, 5) is 11.6. The van der Waals surface area contributed by atoms with Gasteiger partial charge in [0.25, 0.3) is 0 Å². The summed E-state index contributed by atoms with van der Waals surface area (Å²) in [6, 6.07) is -0.352. The molecule has 3 unspecified atom stereocenters. The van der Waals surface area contributed by atoms with Gasteiger partial charge in [-0.3, -0.25) is 4.79 Å². The van der Waals surface area contributed by atoms with E-state index in [9.17, 15) is 18.0 Å². The highest BCUT2D eigenvalue weighted by atomic mass is 19.4. The van der Waals surface area contributed by atoms with Crippen molar-refractivity contribution in [2.45, 2.75) is 50.0 Å². The molecule has 1 saturated heterocycles. The van der Waals surface area contributed by atoms with E-state index in [-0.39, 0.29) is 12.1 Å². The lowest BCUT2D eigenvalue weighted by Gasteiger charge is -2.29. The summed E-state index contributed by atoms with van der Waals surface area (Å²) in [5.41, 5.74) is 2.22. The minimum Gasteiger partial charge on any atom is -0.376 e. The van der Waals surface area contributed by atoms with Gasteiger partial charge in [-0.05, 0) is 32.1 Å². The third kappa shape index (κ3) is 2.47. The first-order valence-electron chi connectivity index (χ1n) is 6.01. The number of nitrogens with two attached hydrogens (primary N) is 1. The van der Waals surface area contributed by atoms with E-state index >= 15 is 0 Å². The van der Waals surface area contributed by atoms with Gasteiger partial charge in [-0.15, -0.1) is 0 Å². The molecule has 3 atom stereocenters. The Balaban J connectivity index is 1.98. The average Bonchev–Trinajstić information content (AvgIpc) is 2.98. The Morgan fingerprint density at radius 1 is 1.33 bits per heavy atom. The summed E-state index contributed by atoms with van der Waals surface area (Å²) in [6.07, 6.45) is -2.35. The lowest BCUT2D eigenvalue weighted by Crippen LogP contribution is -2.63. The number of hydrogen-bond acceptors (Lipinski definition) is 3. The number of carbonyl (C=O) groups excluding carboxylic acids is 1. The maximum Gasteiger partial charge on any atom is 0.415 e. The van der Waals surface area contributed by atoms with Gasteiger partial charge in [-0.25, -0.2) is 0 Å². The standard InChI is InChI=1S/C11H17F3N2O2/c1-10(15,11(12,13)14)9(17)16-7-4-5-18-8(7)6-2-3-6/h6-8H,2-5,15H2,1H3,(H,16,17). The number of ether oxygens (including phenoxy) is 1. The summed E-state index contributed by atoms with van der Waals surface area (Å²) in [5.74, 6) is -0.816. The fraction of sp³-hybridized carbons (Fsp3) is 0.909. The Kier molecular flexibility index (Phi) is 3.31. The summed E-state index contributed by atoms with van der Waals surface area (Å²) in [5, 5.41) is 2.39. The van der Waals surface area contributed by atoms with E-state index in [1.165, 1.54) is 0 Å². The summed E-state index contributed by atoms with van der Waals surface area (Å²) < 4.78 is 43.3. The van der Waals surface area contributed by atoms with Crippen LogP contribution in [-0.2, 0) is 9.53 Å². The van der Waals surface area contributed by atoms with E-state index in [0.29, 0.717) is 25.9 Å². The average molecular weight is 266 g/mol. The van der Waals surface area contributed by atoms with Gasteiger partial charge >= 0.3 is 6.18 Å². The monoisotopic (exact) mass is 266 g/mol. The number of rotatable bonds is 3. The molecule has 7 heteroatoms. The Morgan fingerprint density at radius 2 is 1.94 bits per heavy atom. The molecule has 0 aromatic heterocycles. The van der Waals surface area contributed by atoms with Crippen LogP contribution in [0.15, 0.2) is 0 Å². The van der Waals surface area contributed by atoms with Crippen LogP contribution in [0.4, 0.5) is 13.2 Å². The minimum absolute atomic E-state index is 0.155. The van der Waals surface area contributed by atoms with Gasteiger partial charge in [0.15, 0.2) is 5.54 Å². The van der Waals surface area contributed by atoms with Crippen molar-refractivity contribution in [3.63, 3.8) is 0 Å². The van der Waals surface area contributed by atoms with E-state index < -0.39 is 17.6 Å². The molecule has 2 rings (SSSR count). The van der Waals surface area contributed by atoms with Gasteiger partial charge in [0, 0.05) is 6.61 Å². The molecular weight excluding hydrogens is 249 g/mol. The Morgan fingerprint density at radius 3 is 2.44 bits per heavy atom. The van der Waals surface area contributed by atoms with E-state index in [2.05, 4.69) is 5.32 Å². The summed E-state index contributed by atoms with van der Waals surface area (Å²) in [6.45, 7) is 1.16. The van der Waals surface area contributed by atoms with Gasteiger partial charge in [0.05, 0.1) is 12.1 Å². The molecule has 0 spiro atoms. The number of hydrogen-bond donors (Lipinski definition) is 2. The fourth-order valence-corrected chi connectivity index (χ4v) is 2.10. The Labute approximate surface area is 103 Å². The fourth-order valence-electron chi connectivity index (χ4n) is 2.10. The second-order valence-electron chi connectivity index (χ2n) is 5.24. The first kappa shape index (κ1) is 13.6. The maximum absolute atomic E-state index is 12.6. The van der Waals surface area contributed by atoms with Crippen LogP contribution in [0.5, 0.6) is 0 Å². The molecule has 4 nitrogen and oxygen atoms in total. The third-order valence-electron chi connectivity index (χ3n) is 3.60. The van der Waals surface area contributed by atoms with Gasteiger partial charge in [-0.2, -0.15) is 13.2 Å². The van der Waals surface area contributed by atoms with Crippen LogP contribution in [0.3, 0.4) is 0 Å². The van der Waals surface area contributed by atoms with Crippen molar-refractivity contribution in [3.05, 3.63) is 0 Å². The Bertz CT molecular complexity index is 340. The van der Waals surface area contributed by atoms with Gasteiger partial charge in [-0.1, -0.05) is 0 Å². The molecule has 0 aromatic carbocycles. The molecule has 18 heavy (non-hydrogen) atoms. The van der Waals surface area contributed by atoms with Gasteiger partial charge in [0.2, 0.25) is 5.91 Å². The van der Waals surface area contributed by atoms with Crippen LogP contribution in [0.25, 0.3) is 0 Å². The van der Waals surface area contributed by atoms with Crippen LogP contribution in [0.2, 0.25) is 0 Å². The van der Waals surface area contributed by atoms with Gasteiger partial charge in [0.1, 0.15) is 0 Å². The zero-order valence-electron chi connectivity index (χ0n) is 10.1. The molecule has 1 saturated carbocycles. The molecule has 2 aliphatic rings. The van der Waals surface area contributed by atoms with Crippen molar-refractivity contribution in [1.82, 2.24) is 5.32 Å². The lowest BCUT2D eigenvalue weighted by molar-refractivity contribution is -0.188. The predicted molar refractivity (Wildman–Crippen MR) is 57.7 cm³/mol. The molecule has 1 amide bonds. The third-order valence-corrected chi connectivity index (χ3v) is 3.60. The molecule has 0 bridgehead atoms. The zero-order chi connectivity index (χ0) is 13.6. The lowest BCUT2D eigenvalue weighted by atomic mass is 9.99. The molecule has 0 aromatic rings. The van der Waals surface area contributed by atoms with Crippen LogP contribution in [0.1, 0.15) is 26.2 Å². The number of alkyl halides is 3. The van der Waals surface area contributed by atoms with Crippen LogP contribution in [-0.4, -0.2) is 36.4 Å². The predicted octanol–water partition coefficient (Wildman–Crippen LogP) is 0.950. The van der Waals surface area contributed by atoms with E-state index in [4.69, 9.17) is 10.5 Å². The van der Waals surface area contributed by atoms with Crippen LogP contribution >= 0.6 is 0 Å². The molecule has 1 aliphatic heterocycles. The van der Waals surface area contributed by atoms with Crippen molar-refractivity contribution >= 4 is 5.91 Å². The van der Waals surface area contributed by atoms with E-state index in [1.807, 2.05) is 0 Å². The smallest absolute Gasteiger partial charge is 0.376 e. The molecule has 0 radical (unpaired) electrons. The highest BCUT2D eigenvalue weighted by molar-refractivity contribution is 5.86. The Hall–Kier alpha value is -0.820. The molecule has 2 fully saturated rings. The van der Waals surface area contributed by atoms with Crippen molar-refractivity contribution in [2.75, 3.05) is 6.61 Å². The SMILES string of the molecule is CC(N)(C(=O)NC1CCOC1C1CC1)C(F)(F)F. The first-order chi connectivity index (χ1) is 8.23. The molecular formula is C11H17F3N2O2. The van der Waals surface area contributed by atoms with Crippen molar-refractivity contribution in [1.29, 1.82) is 0 Å². The van der Waals surface area contributed by atoms with Crippen LogP contribution in [0, 0.1) is 5.92 Å². The molecule has 3 N–H and O–H groups in total. The quantitative estimate of drug-likeness (QED) is 0.799. The molecule has 1 aliphatic carbocycles. The highest BCUT2D eigenvalue weighted by Crippen LogP contribution is 2.39. The number of nitrogens with one attached hydrogen (secondary N) is 1. The van der Waals surface area contributed by atoms with E-state index in [0.717, 1.165) is 12.8 Å². The maximum atomic E-state index is 12.6. The summed E-state index contributed by atoms with van der Waals surface area (Å²) in [7, 11) is 0. The second-order valence-corrected chi connectivity index (χ2v) is 5.24. The number of amides is 1. The van der Waals surface area contributed by atoms with Gasteiger partial charge < -0.3 is 15.8 Å². The number of carbonyl (C=O) groups is 1. The van der Waals surface area contributed by atoms with Crippen molar-refractivity contribution in [2.24, 2.45) is 11.7 Å². The summed E-state index contributed by atoms with van der Waals surface area (Å²) >= 11 is 0. The highest BCUT2D eigenvalue weighted by Gasteiger charge is 2.55. The van der Waals surface area contributed by atoms with Crippen molar-refractivity contribution < 1.29 is 22.7 Å². The first-order valence-corrected chi connectivity index (χ1v) is 6.01. The second kappa shape index (κ2) is 4.38. The topological polar surface area (TPSA) is 64.4 Å². The largest absolute Gasteiger partial charge is 0.415 e. The van der Waals surface area contributed by atoms with Crippen LogP contribution < -0.4 is 11.1 Å². The van der Waals surface area contributed by atoms with E-state index in [1.54, 1.807) is 0 Å². The zero-order valence-corrected chi connectivity index (χ0v) is 10.1. The molecule has 104 valence electrons. The minimum atomic E-state index is -4.76. The van der Waals surface area contributed by atoms with Crippen molar-refractivity contribution in [3.8, 4) is 0 Å².